The quantitative estimate of drug-likeness (QED) is 0.242. The van der Waals surface area contributed by atoms with Crippen molar-refractivity contribution in [1.82, 2.24) is 4.98 Å². The predicted octanol–water partition coefficient (Wildman–Crippen LogP) is 5.52. The molecule has 4 aromatic rings. The van der Waals surface area contributed by atoms with Gasteiger partial charge >= 0.3 is 5.97 Å². The molecule has 7 heteroatoms. The van der Waals surface area contributed by atoms with Crippen molar-refractivity contribution >= 4 is 22.6 Å². The maximum atomic E-state index is 13.2. The van der Waals surface area contributed by atoms with Crippen molar-refractivity contribution in [2.45, 2.75) is 37.9 Å². The number of fused-ring (bicyclic) bond motifs is 1. The molecule has 2 unspecified atom stereocenters. The molecular weight excluding hydrogens is 459 g/mol. The maximum Gasteiger partial charge on any atom is 0.306 e. The Morgan fingerprint density at radius 3 is 2.42 bits per heavy atom. The Bertz CT molecular complexity index is 1340. The zero-order valence-corrected chi connectivity index (χ0v) is 19.6. The molecule has 0 aliphatic carbocycles. The third kappa shape index (κ3) is 6.52. The Hall–Kier alpha value is -4.10. The Balaban J connectivity index is 1.44. The lowest BCUT2D eigenvalue weighted by Crippen LogP contribution is -2.28. The van der Waals surface area contributed by atoms with Gasteiger partial charge in [-0.2, -0.15) is 0 Å². The number of aliphatic hydroxyl groups excluding tert-OH is 1. The SMILES string of the molecule is N=C(CCc1ccc(F)cc1)C(c1ccc(OCc2ccc3ccccc3n2)cc1)C(O)CC(=O)O. The van der Waals surface area contributed by atoms with E-state index in [0.717, 1.165) is 22.2 Å². The summed E-state index contributed by atoms with van der Waals surface area (Å²) in [5.41, 5.74) is 3.38. The monoisotopic (exact) mass is 486 g/mol. The molecule has 36 heavy (non-hydrogen) atoms. The van der Waals surface area contributed by atoms with Crippen LogP contribution in [0.25, 0.3) is 10.9 Å². The van der Waals surface area contributed by atoms with Gasteiger partial charge in [-0.15, -0.1) is 0 Å². The summed E-state index contributed by atoms with van der Waals surface area (Å²) in [5.74, 6) is -1.65. The van der Waals surface area contributed by atoms with Gasteiger partial charge in [-0.3, -0.25) is 4.79 Å². The van der Waals surface area contributed by atoms with Gasteiger partial charge < -0.3 is 20.4 Å². The van der Waals surface area contributed by atoms with E-state index in [1.165, 1.54) is 12.1 Å². The summed E-state index contributed by atoms with van der Waals surface area (Å²) in [6, 6.07) is 24.8. The first-order valence-electron chi connectivity index (χ1n) is 11.7. The Kier molecular flexibility index (Phi) is 8.02. The number of aliphatic hydroxyl groups is 1. The van der Waals surface area contributed by atoms with Crippen LogP contribution in [-0.2, 0) is 17.8 Å². The number of carbonyl (C=O) groups is 1. The van der Waals surface area contributed by atoms with E-state index < -0.39 is 24.4 Å². The molecule has 0 bridgehead atoms. The number of hydrogen-bond acceptors (Lipinski definition) is 5. The molecule has 0 saturated carbocycles. The topological polar surface area (TPSA) is 104 Å². The molecule has 4 rings (SSSR count). The van der Waals surface area contributed by atoms with Crippen molar-refractivity contribution in [3.05, 3.63) is 108 Å². The summed E-state index contributed by atoms with van der Waals surface area (Å²) < 4.78 is 19.0. The molecule has 0 aliphatic rings. The Morgan fingerprint density at radius 2 is 1.69 bits per heavy atom. The standard InChI is InChI=1S/C29H27FN2O4/c30-22-11-5-19(6-12-22)7-16-25(31)29(27(33)17-28(34)35)21-9-14-24(15-10-21)36-18-23-13-8-20-3-1-2-4-26(20)32-23/h1-6,8-15,27,29,31,33H,7,16-18H2,(H,34,35). The van der Waals surface area contributed by atoms with Gasteiger partial charge in [0.1, 0.15) is 18.2 Å². The normalized spacial score (nSPS) is 12.7. The van der Waals surface area contributed by atoms with Gasteiger partial charge in [0.15, 0.2) is 0 Å². The van der Waals surface area contributed by atoms with E-state index >= 15 is 0 Å². The minimum Gasteiger partial charge on any atom is -0.487 e. The molecule has 0 spiro atoms. The minimum absolute atomic E-state index is 0.210. The summed E-state index contributed by atoms with van der Waals surface area (Å²) in [6.07, 6.45) is -0.944. The highest BCUT2D eigenvalue weighted by molar-refractivity contribution is 5.89. The van der Waals surface area contributed by atoms with Crippen molar-refractivity contribution in [2.75, 3.05) is 0 Å². The van der Waals surface area contributed by atoms with Crippen LogP contribution in [0.5, 0.6) is 5.75 Å². The number of benzene rings is 3. The van der Waals surface area contributed by atoms with Crippen LogP contribution >= 0.6 is 0 Å². The molecular formula is C29H27FN2O4. The van der Waals surface area contributed by atoms with E-state index in [2.05, 4.69) is 4.98 Å². The van der Waals surface area contributed by atoms with Gasteiger partial charge in [0.05, 0.1) is 23.7 Å². The summed E-state index contributed by atoms with van der Waals surface area (Å²) >= 11 is 0. The fourth-order valence-electron chi connectivity index (χ4n) is 4.16. The average Bonchev–Trinajstić information content (AvgIpc) is 2.87. The third-order valence-corrected chi connectivity index (χ3v) is 6.02. The molecule has 3 aromatic carbocycles. The van der Waals surface area contributed by atoms with Gasteiger partial charge in [0.2, 0.25) is 0 Å². The van der Waals surface area contributed by atoms with E-state index in [1.54, 1.807) is 36.4 Å². The number of nitrogens with one attached hydrogen (secondary N) is 1. The Labute approximate surface area is 208 Å². The fourth-order valence-corrected chi connectivity index (χ4v) is 4.16. The van der Waals surface area contributed by atoms with Crippen LogP contribution < -0.4 is 4.74 Å². The van der Waals surface area contributed by atoms with Gasteiger partial charge in [-0.1, -0.05) is 48.5 Å². The molecule has 0 radical (unpaired) electrons. The number of carboxylic acids is 1. The average molecular weight is 487 g/mol. The second-order valence-corrected chi connectivity index (χ2v) is 8.65. The van der Waals surface area contributed by atoms with E-state index in [4.69, 9.17) is 10.1 Å². The van der Waals surface area contributed by atoms with Crippen LogP contribution in [0.2, 0.25) is 0 Å². The molecule has 2 atom stereocenters. The molecule has 0 saturated heterocycles. The highest BCUT2D eigenvalue weighted by Crippen LogP contribution is 2.28. The largest absolute Gasteiger partial charge is 0.487 e. The van der Waals surface area contributed by atoms with Gasteiger partial charge in [0.25, 0.3) is 0 Å². The summed E-state index contributed by atoms with van der Waals surface area (Å²) in [5, 5.41) is 29.5. The summed E-state index contributed by atoms with van der Waals surface area (Å²) in [7, 11) is 0. The van der Waals surface area contributed by atoms with Crippen LogP contribution in [-0.4, -0.2) is 33.0 Å². The fraction of sp³-hybridized carbons (Fsp3) is 0.207. The van der Waals surface area contributed by atoms with Crippen LogP contribution in [0.15, 0.2) is 84.9 Å². The number of aliphatic carboxylic acids is 1. The number of aryl methyl sites for hydroxylation is 1. The molecule has 6 nitrogen and oxygen atoms in total. The molecule has 3 N–H and O–H groups in total. The van der Waals surface area contributed by atoms with Crippen molar-refractivity contribution in [3.8, 4) is 5.75 Å². The lowest BCUT2D eigenvalue weighted by molar-refractivity contribution is -0.139. The number of hydrogen-bond donors (Lipinski definition) is 3. The van der Waals surface area contributed by atoms with Crippen LogP contribution in [0.1, 0.15) is 35.6 Å². The van der Waals surface area contributed by atoms with Crippen LogP contribution in [0.4, 0.5) is 4.39 Å². The number of pyridine rings is 1. The van der Waals surface area contributed by atoms with Gasteiger partial charge in [-0.25, -0.2) is 9.37 Å². The summed E-state index contributed by atoms with van der Waals surface area (Å²) in [6.45, 7) is 0.280. The minimum atomic E-state index is -1.25. The van der Waals surface area contributed by atoms with Crippen molar-refractivity contribution in [2.24, 2.45) is 0 Å². The first-order chi connectivity index (χ1) is 17.4. The molecule has 0 amide bonds. The number of carboxylic acid groups (broad SMARTS) is 1. The van der Waals surface area contributed by atoms with E-state index in [1.807, 2.05) is 36.4 Å². The first-order valence-corrected chi connectivity index (χ1v) is 11.7. The third-order valence-electron chi connectivity index (χ3n) is 6.02. The molecule has 0 fully saturated rings. The van der Waals surface area contributed by atoms with Crippen LogP contribution in [0.3, 0.4) is 0 Å². The molecule has 0 aliphatic heterocycles. The predicted molar refractivity (Wildman–Crippen MR) is 136 cm³/mol. The van der Waals surface area contributed by atoms with Crippen molar-refractivity contribution in [1.29, 1.82) is 5.41 Å². The van der Waals surface area contributed by atoms with E-state index in [9.17, 15) is 19.4 Å². The molecule has 184 valence electrons. The van der Waals surface area contributed by atoms with Crippen molar-refractivity contribution < 1.29 is 24.1 Å². The first kappa shape index (κ1) is 25.0. The number of ether oxygens (including phenoxy) is 1. The lowest BCUT2D eigenvalue weighted by atomic mass is 9.85. The Morgan fingerprint density at radius 1 is 0.972 bits per heavy atom. The van der Waals surface area contributed by atoms with Gasteiger partial charge in [0, 0.05) is 17.0 Å². The zero-order chi connectivity index (χ0) is 25.5. The highest BCUT2D eigenvalue weighted by atomic mass is 19.1. The highest BCUT2D eigenvalue weighted by Gasteiger charge is 2.27. The van der Waals surface area contributed by atoms with Crippen molar-refractivity contribution in [3.63, 3.8) is 0 Å². The smallest absolute Gasteiger partial charge is 0.306 e. The lowest BCUT2D eigenvalue weighted by Gasteiger charge is -2.24. The van der Waals surface area contributed by atoms with E-state index in [-0.39, 0.29) is 18.1 Å². The number of rotatable bonds is 11. The second-order valence-electron chi connectivity index (χ2n) is 8.65. The van der Waals surface area contributed by atoms with Gasteiger partial charge in [-0.05, 0) is 60.4 Å². The maximum absolute atomic E-state index is 13.2. The number of nitrogens with zero attached hydrogens (tertiary/aromatic N) is 1. The number of halogens is 1. The molecule has 1 aromatic heterocycles. The van der Waals surface area contributed by atoms with E-state index in [0.29, 0.717) is 24.2 Å². The molecule has 1 heterocycles. The zero-order valence-electron chi connectivity index (χ0n) is 19.6. The summed E-state index contributed by atoms with van der Waals surface area (Å²) in [4.78, 5) is 15.8. The number of aromatic nitrogens is 1. The van der Waals surface area contributed by atoms with Crippen LogP contribution in [0, 0.1) is 11.2 Å². The second kappa shape index (κ2) is 11.6. The number of para-hydroxylation sites is 1.